The molecule has 7 rings (SSSR count). The minimum atomic E-state index is -0.704. The number of ether oxygens (including phenoxy) is 3. The maximum Gasteiger partial charge on any atom is 0.308 e. The standard InChI is InChI=1S/C45H53FN2O5/c1-31(2)42-41(44(50)47-35-17-9-4-10-18-35)40(32-15-7-3-8-16-32)43(33-21-23-34(46)24-22-33)48(42)28-25-37-29-38(53-45(52-37)26-13-6-14-27-45)30-39(49)51-36-19-11-5-12-20-36/h3-4,7-10,15-18,21-24,31,36-38H,5-6,11-14,19-20,25-30H2,1-2H3,(H,47,50)/t37-,38-/m1/s1. The lowest BCUT2D eigenvalue weighted by Gasteiger charge is -2.46. The number of hydrogen-bond donors (Lipinski definition) is 1. The molecule has 1 N–H and O–H groups in total. The Labute approximate surface area is 313 Å². The highest BCUT2D eigenvalue weighted by Crippen LogP contribution is 2.44. The molecule has 4 aromatic rings. The summed E-state index contributed by atoms with van der Waals surface area (Å²) in [5.74, 6) is -1.42. The minimum absolute atomic E-state index is 0.00991. The molecular formula is C45H53FN2O5. The molecule has 3 fully saturated rings. The third kappa shape index (κ3) is 8.76. The van der Waals surface area contributed by atoms with Crippen LogP contribution in [0.25, 0.3) is 22.4 Å². The van der Waals surface area contributed by atoms with E-state index in [0.29, 0.717) is 30.6 Å². The summed E-state index contributed by atoms with van der Waals surface area (Å²) in [6.07, 6.45) is 11.1. The Morgan fingerprint density at radius 1 is 0.830 bits per heavy atom. The number of halogens is 1. The Kier molecular flexibility index (Phi) is 11.8. The fourth-order valence-electron chi connectivity index (χ4n) is 8.74. The number of carbonyl (C=O) groups is 2. The predicted octanol–water partition coefficient (Wildman–Crippen LogP) is 10.8. The van der Waals surface area contributed by atoms with E-state index in [1.54, 1.807) is 12.1 Å². The summed E-state index contributed by atoms with van der Waals surface area (Å²) in [5, 5.41) is 3.16. The molecule has 1 spiro atoms. The van der Waals surface area contributed by atoms with E-state index < -0.39 is 5.79 Å². The van der Waals surface area contributed by atoms with E-state index in [0.717, 1.165) is 85.9 Å². The molecule has 2 heterocycles. The van der Waals surface area contributed by atoms with E-state index in [2.05, 4.69) is 23.7 Å². The molecule has 1 aromatic heterocycles. The molecule has 1 aliphatic heterocycles. The molecule has 2 atom stereocenters. The fourth-order valence-corrected chi connectivity index (χ4v) is 8.74. The molecule has 3 aromatic carbocycles. The Morgan fingerprint density at radius 2 is 1.47 bits per heavy atom. The van der Waals surface area contributed by atoms with Crippen LogP contribution in [-0.2, 0) is 25.5 Å². The molecule has 0 unspecified atom stereocenters. The first kappa shape index (κ1) is 37.1. The van der Waals surface area contributed by atoms with Crippen LogP contribution < -0.4 is 5.32 Å². The van der Waals surface area contributed by atoms with Gasteiger partial charge in [0, 0.05) is 42.8 Å². The largest absolute Gasteiger partial charge is 0.462 e. The zero-order chi connectivity index (χ0) is 36.8. The fraction of sp³-hybridized carbons (Fsp3) is 0.467. The summed E-state index contributed by atoms with van der Waals surface area (Å²) in [6, 6.07) is 26.0. The maximum atomic E-state index is 14.5. The van der Waals surface area contributed by atoms with Crippen molar-refractivity contribution in [3.63, 3.8) is 0 Å². The Balaban J connectivity index is 1.25. The number of benzene rings is 3. The van der Waals surface area contributed by atoms with Crippen LogP contribution >= 0.6 is 0 Å². The number of rotatable bonds is 11. The molecule has 7 nitrogen and oxygen atoms in total. The van der Waals surface area contributed by atoms with Gasteiger partial charge < -0.3 is 24.1 Å². The number of para-hydroxylation sites is 1. The molecule has 280 valence electrons. The van der Waals surface area contributed by atoms with Crippen molar-refractivity contribution >= 4 is 17.6 Å². The van der Waals surface area contributed by atoms with Crippen LogP contribution in [0.2, 0.25) is 0 Å². The number of amides is 1. The van der Waals surface area contributed by atoms with Gasteiger partial charge in [-0.2, -0.15) is 0 Å². The van der Waals surface area contributed by atoms with Gasteiger partial charge in [-0.1, -0.05) is 75.2 Å². The van der Waals surface area contributed by atoms with Crippen LogP contribution in [0.15, 0.2) is 84.9 Å². The van der Waals surface area contributed by atoms with Crippen LogP contribution in [0, 0.1) is 5.82 Å². The highest BCUT2D eigenvalue weighted by Gasteiger charge is 2.44. The van der Waals surface area contributed by atoms with E-state index in [1.807, 2.05) is 60.7 Å². The molecule has 53 heavy (non-hydrogen) atoms. The smallest absolute Gasteiger partial charge is 0.308 e. The van der Waals surface area contributed by atoms with Gasteiger partial charge in [-0.05, 0) is 98.4 Å². The van der Waals surface area contributed by atoms with Gasteiger partial charge in [0.25, 0.3) is 5.91 Å². The Hall–Kier alpha value is -4.27. The van der Waals surface area contributed by atoms with Crippen LogP contribution in [0.3, 0.4) is 0 Å². The molecule has 2 aliphatic carbocycles. The van der Waals surface area contributed by atoms with Gasteiger partial charge >= 0.3 is 5.97 Å². The minimum Gasteiger partial charge on any atom is -0.462 e. The summed E-state index contributed by atoms with van der Waals surface area (Å²) in [4.78, 5) is 27.8. The van der Waals surface area contributed by atoms with Crippen molar-refractivity contribution in [1.29, 1.82) is 0 Å². The van der Waals surface area contributed by atoms with Gasteiger partial charge in [0.05, 0.1) is 29.9 Å². The molecule has 0 radical (unpaired) electrons. The topological polar surface area (TPSA) is 78.8 Å². The normalized spacial score (nSPS) is 20.4. The first-order chi connectivity index (χ1) is 25.8. The van der Waals surface area contributed by atoms with Gasteiger partial charge in [-0.3, -0.25) is 9.59 Å². The average Bonchev–Trinajstić information content (AvgIpc) is 3.51. The van der Waals surface area contributed by atoms with Gasteiger partial charge in [0.1, 0.15) is 11.9 Å². The van der Waals surface area contributed by atoms with Crippen molar-refractivity contribution in [2.45, 2.75) is 134 Å². The number of hydrogen-bond acceptors (Lipinski definition) is 5. The van der Waals surface area contributed by atoms with Gasteiger partial charge in [0.2, 0.25) is 0 Å². The number of nitrogens with zero attached hydrogens (tertiary/aromatic N) is 1. The van der Waals surface area contributed by atoms with Crippen molar-refractivity contribution in [1.82, 2.24) is 4.57 Å². The van der Waals surface area contributed by atoms with Crippen LogP contribution in [0.1, 0.15) is 119 Å². The predicted molar refractivity (Wildman–Crippen MR) is 206 cm³/mol. The summed E-state index contributed by atoms with van der Waals surface area (Å²) in [5.41, 5.74) is 5.64. The summed E-state index contributed by atoms with van der Waals surface area (Å²) < 4.78 is 36.2. The number of carbonyl (C=O) groups excluding carboxylic acids is 2. The van der Waals surface area contributed by atoms with Crippen molar-refractivity contribution in [2.24, 2.45) is 0 Å². The average molecular weight is 721 g/mol. The Bertz CT molecular complexity index is 1830. The second-order valence-corrected chi connectivity index (χ2v) is 15.4. The van der Waals surface area contributed by atoms with Gasteiger partial charge in [0.15, 0.2) is 5.79 Å². The lowest BCUT2D eigenvalue weighted by atomic mass is 9.91. The summed E-state index contributed by atoms with van der Waals surface area (Å²) in [6.45, 7) is 4.78. The highest BCUT2D eigenvalue weighted by atomic mass is 19.1. The lowest BCUT2D eigenvalue weighted by molar-refractivity contribution is -0.329. The van der Waals surface area contributed by atoms with E-state index in [1.165, 1.54) is 18.6 Å². The second-order valence-electron chi connectivity index (χ2n) is 15.4. The van der Waals surface area contributed by atoms with E-state index in [4.69, 9.17) is 14.2 Å². The van der Waals surface area contributed by atoms with Crippen molar-refractivity contribution < 1.29 is 28.2 Å². The lowest BCUT2D eigenvalue weighted by Crippen LogP contribution is -2.50. The van der Waals surface area contributed by atoms with Crippen LogP contribution in [-0.4, -0.2) is 40.5 Å². The number of nitrogens with one attached hydrogen (secondary N) is 1. The molecule has 1 amide bonds. The highest BCUT2D eigenvalue weighted by molar-refractivity contribution is 6.12. The molecule has 0 bridgehead atoms. The monoisotopic (exact) mass is 720 g/mol. The summed E-state index contributed by atoms with van der Waals surface area (Å²) >= 11 is 0. The van der Waals surface area contributed by atoms with E-state index in [9.17, 15) is 14.0 Å². The number of esters is 1. The molecule has 1 saturated heterocycles. The third-order valence-electron chi connectivity index (χ3n) is 11.1. The van der Waals surface area contributed by atoms with Crippen molar-refractivity contribution in [3.8, 4) is 22.4 Å². The van der Waals surface area contributed by atoms with Crippen LogP contribution in [0.5, 0.6) is 0 Å². The number of anilines is 1. The quantitative estimate of drug-likeness (QED) is 0.156. The first-order valence-corrected chi connectivity index (χ1v) is 19.8. The zero-order valence-electron chi connectivity index (χ0n) is 31.2. The molecule has 3 aliphatic rings. The molecule has 8 heteroatoms. The second kappa shape index (κ2) is 16.8. The SMILES string of the molecule is CC(C)c1c(C(=O)Nc2ccccc2)c(-c2ccccc2)c(-c2ccc(F)cc2)n1CC[C@@H]1C[C@H](CC(=O)OC2CCCCC2)OC2(CCCCC2)O1. The number of aromatic nitrogens is 1. The van der Waals surface area contributed by atoms with Gasteiger partial charge in [-0.15, -0.1) is 0 Å². The first-order valence-electron chi connectivity index (χ1n) is 19.8. The van der Waals surface area contributed by atoms with E-state index in [-0.39, 0.29) is 48.3 Å². The zero-order valence-corrected chi connectivity index (χ0v) is 31.2. The molecular weight excluding hydrogens is 668 g/mol. The van der Waals surface area contributed by atoms with Crippen molar-refractivity contribution in [2.75, 3.05) is 5.32 Å². The summed E-state index contributed by atoms with van der Waals surface area (Å²) in [7, 11) is 0. The molecule has 2 saturated carbocycles. The maximum absolute atomic E-state index is 14.5. The van der Waals surface area contributed by atoms with E-state index >= 15 is 0 Å². The van der Waals surface area contributed by atoms with Gasteiger partial charge in [-0.25, -0.2) is 4.39 Å². The van der Waals surface area contributed by atoms with Crippen molar-refractivity contribution in [3.05, 3.63) is 102 Å². The third-order valence-corrected chi connectivity index (χ3v) is 11.1. The van der Waals surface area contributed by atoms with Crippen LogP contribution in [0.4, 0.5) is 10.1 Å². The Morgan fingerprint density at radius 3 is 2.15 bits per heavy atom.